The molecule has 2 aromatic rings. The minimum Gasteiger partial charge on any atom is -0.452 e. The summed E-state index contributed by atoms with van der Waals surface area (Å²) >= 11 is 3.15. The third-order valence-corrected chi connectivity index (χ3v) is 5.89. The molecule has 1 aromatic heterocycles. The van der Waals surface area contributed by atoms with Gasteiger partial charge in [-0.1, -0.05) is 18.2 Å². The van der Waals surface area contributed by atoms with Gasteiger partial charge in [0.2, 0.25) is 0 Å². The van der Waals surface area contributed by atoms with Gasteiger partial charge in [-0.25, -0.2) is 8.42 Å². The zero-order valence-electron chi connectivity index (χ0n) is 11.8. The Morgan fingerprint density at radius 2 is 2.00 bits per heavy atom. The molecule has 5 nitrogen and oxygen atoms in total. The number of nitrogens with zero attached hydrogens (tertiary/aromatic N) is 1. The number of furan rings is 1. The van der Waals surface area contributed by atoms with E-state index in [9.17, 15) is 8.42 Å². The van der Waals surface area contributed by atoms with Crippen molar-refractivity contribution in [1.82, 2.24) is 0 Å². The van der Waals surface area contributed by atoms with E-state index in [1.807, 2.05) is 25.1 Å². The Labute approximate surface area is 132 Å². The molecule has 0 amide bonds. The minimum absolute atomic E-state index is 0.0908. The molecule has 0 atom stereocenters. The third-order valence-electron chi connectivity index (χ3n) is 3.15. The van der Waals surface area contributed by atoms with Crippen LogP contribution in [0.3, 0.4) is 0 Å². The number of para-hydroxylation sites is 1. The first-order valence-corrected chi connectivity index (χ1v) is 8.71. The Morgan fingerprint density at radius 3 is 2.52 bits per heavy atom. The third kappa shape index (κ3) is 3.00. The lowest BCUT2D eigenvalue weighted by molar-refractivity contribution is 0.484. The Morgan fingerprint density at radius 1 is 1.33 bits per heavy atom. The monoisotopic (exact) mass is 372 g/mol. The largest absolute Gasteiger partial charge is 0.452 e. The van der Waals surface area contributed by atoms with E-state index < -0.39 is 10.0 Å². The highest BCUT2D eigenvalue weighted by atomic mass is 79.9. The number of halogens is 1. The van der Waals surface area contributed by atoms with Gasteiger partial charge in [0.25, 0.3) is 10.0 Å². The van der Waals surface area contributed by atoms with Crippen molar-refractivity contribution < 1.29 is 12.8 Å². The summed E-state index contributed by atoms with van der Waals surface area (Å²) in [5.74, 6) is 0.418. The number of hydrogen-bond acceptors (Lipinski definition) is 4. The Balaban J connectivity index is 2.55. The van der Waals surface area contributed by atoms with Gasteiger partial charge in [0.15, 0.2) is 4.67 Å². The summed E-state index contributed by atoms with van der Waals surface area (Å²) in [6.07, 6.45) is 0. The lowest BCUT2D eigenvalue weighted by atomic mass is 10.2. The molecule has 0 aliphatic heterocycles. The summed E-state index contributed by atoms with van der Waals surface area (Å²) in [4.78, 5) is 0.0908. The Hall–Kier alpha value is -1.31. The van der Waals surface area contributed by atoms with Gasteiger partial charge in [-0.15, -0.1) is 0 Å². The Kier molecular flexibility index (Phi) is 4.75. The van der Waals surface area contributed by atoms with E-state index in [-0.39, 0.29) is 16.1 Å². The molecule has 0 unspecified atom stereocenters. The lowest BCUT2D eigenvalue weighted by Gasteiger charge is -2.23. The van der Waals surface area contributed by atoms with Gasteiger partial charge in [0, 0.05) is 12.6 Å². The van der Waals surface area contributed by atoms with Crippen LogP contribution in [0.15, 0.2) is 44.3 Å². The standard InChI is InChI=1S/C14H17BrN2O3S/c1-3-17(12-7-5-4-6-10(12)2)21(18,19)13-8-11(9-16)20-14(13)15/h4-8H,3,9,16H2,1-2H3. The predicted molar refractivity (Wildman–Crippen MR) is 85.7 cm³/mol. The van der Waals surface area contributed by atoms with E-state index in [1.54, 1.807) is 13.0 Å². The molecule has 0 spiro atoms. The van der Waals surface area contributed by atoms with Crippen molar-refractivity contribution in [3.05, 3.63) is 46.3 Å². The van der Waals surface area contributed by atoms with E-state index in [0.29, 0.717) is 18.0 Å². The average Bonchev–Trinajstić information content (AvgIpc) is 2.83. The maximum Gasteiger partial charge on any atom is 0.268 e. The van der Waals surface area contributed by atoms with Crippen LogP contribution < -0.4 is 10.0 Å². The summed E-state index contributed by atoms with van der Waals surface area (Å²) in [5, 5.41) is 0. The Bertz CT molecular complexity index is 740. The molecule has 1 heterocycles. The summed E-state index contributed by atoms with van der Waals surface area (Å²) in [6, 6.07) is 8.81. The first-order valence-electron chi connectivity index (χ1n) is 6.48. The van der Waals surface area contributed by atoms with Crippen molar-refractivity contribution >= 4 is 31.6 Å². The van der Waals surface area contributed by atoms with Gasteiger partial charge in [0.05, 0.1) is 12.2 Å². The van der Waals surface area contributed by atoms with Crippen LogP contribution >= 0.6 is 15.9 Å². The molecule has 0 bridgehead atoms. The zero-order chi connectivity index (χ0) is 15.6. The van der Waals surface area contributed by atoms with Crippen LogP contribution in [0, 0.1) is 6.92 Å². The summed E-state index contributed by atoms with van der Waals surface area (Å²) in [5.41, 5.74) is 7.04. The van der Waals surface area contributed by atoms with Crippen molar-refractivity contribution in [3.63, 3.8) is 0 Å². The number of nitrogens with two attached hydrogens (primary N) is 1. The molecule has 0 saturated carbocycles. The van der Waals surface area contributed by atoms with E-state index in [1.165, 1.54) is 10.4 Å². The second kappa shape index (κ2) is 6.21. The molecular formula is C14H17BrN2O3S. The van der Waals surface area contributed by atoms with E-state index in [0.717, 1.165) is 5.56 Å². The first kappa shape index (κ1) is 16.1. The molecule has 0 aliphatic rings. The first-order chi connectivity index (χ1) is 9.91. The number of hydrogen-bond donors (Lipinski definition) is 1. The van der Waals surface area contributed by atoms with E-state index in [2.05, 4.69) is 15.9 Å². The van der Waals surface area contributed by atoms with Crippen LogP contribution in [0.4, 0.5) is 5.69 Å². The predicted octanol–water partition coefficient (Wildman–Crippen LogP) is 3.02. The highest BCUT2D eigenvalue weighted by Crippen LogP contribution is 2.32. The van der Waals surface area contributed by atoms with Crippen LogP contribution in [-0.4, -0.2) is 15.0 Å². The molecule has 2 N–H and O–H groups in total. The van der Waals surface area contributed by atoms with E-state index >= 15 is 0 Å². The number of benzene rings is 1. The fraction of sp³-hybridized carbons (Fsp3) is 0.286. The van der Waals surface area contributed by atoms with Crippen molar-refractivity contribution in [2.24, 2.45) is 5.73 Å². The number of aryl methyl sites for hydroxylation is 1. The minimum atomic E-state index is -3.71. The van der Waals surface area contributed by atoms with Crippen LogP contribution in [0.5, 0.6) is 0 Å². The van der Waals surface area contributed by atoms with Gasteiger partial charge < -0.3 is 10.2 Å². The van der Waals surface area contributed by atoms with Gasteiger partial charge in [-0.2, -0.15) is 0 Å². The van der Waals surface area contributed by atoms with Crippen molar-refractivity contribution in [3.8, 4) is 0 Å². The fourth-order valence-corrected chi connectivity index (χ4v) is 4.61. The number of anilines is 1. The SMILES string of the molecule is CCN(c1ccccc1C)S(=O)(=O)c1cc(CN)oc1Br. The second-order valence-corrected chi connectivity index (χ2v) is 7.06. The molecule has 2 rings (SSSR count). The maximum absolute atomic E-state index is 12.9. The lowest BCUT2D eigenvalue weighted by Crippen LogP contribution is -2.31. The van der Waals surface area contributed by atoms with E-state index in [4.69, 9.17) is 10.2 Å². The van der Waals surface area contributed by atoms with Gasteiger partial charge >= 0.3 is 0 Å². The van der Waals surface area contributed by atoms with Crippen LogP contribution in [0.1, 0.15) is 18.2 Å². The summed E-state index contributed by atoms with van der Waals surface area (Å²) in [6.45, 7) is 4.14. The van der Waals surface area contributed by atoms with Crippen LogP contribution in [0.2, 0.25) is 0 Å². The van der Waals surface area contributed by atoms with Gasteiger partial charge in [0.1, 0.15) is 10.7 Å². The van der Waals surface area contributed by atoms with Gasteiger partial charge in [-0.3, -0.25) is 4.31 Å². The second-order valence-electron chi connectivity index (χ2n) is 4.51. The molecule has 0 radical (unpaired) electrons. The van der Waals surface area contributed by atoms with Crippen LogP contribution in [-0.2, 0) is 16.6 Å². The maximum atomic E-state index is 12.9. The molecule has 7 heteroatoms. The zero-order valence-corrected chi connectivity index (χ0v) is 14.2. The molecular weight excluding hydrogens is 356 g/mol. The highest BCUT2D eigenvalue weighted by molar-refractivity contribution is 9.10. The fourth-order valence-electron chi connectivity index (χ4n) is 2.11. The molecule has 21 heavy (non-hydrogen) atoms. The molecule has 0 aliphatic carbocycles. The topological polar surface area (TPSA) is 76.5 Å². The summed E-state index contributed by atoms with van der Waals surface area (Å²) < 4.78 is 32.6. The molecule has 114 valence electrons. The highest BCUT2D eigenvalue weighted by Gasteiger charge is 2.29. The molecule has 0 fully saturated rings. The van der Waals surface area contributed by atoms with Gasteiger partial charge in [-0.05, 0) is 41.4 Å². The van der Waals surface area contributed by atoms with Crippen molar-refractivity contribution in [2.75, 3.05) is 10.8 Å². The smallest absolute Gasteiger partial charge is 0.268 e. The quantitative estimate of drug-likeness (QED) is 0.874. The number of rotatable bonds is 5. The van der Waals surface area contributed by atoms with Crippen LogP contribution in [0.25, 0.3) is 0 Å². The van der Waals surface area contributed by atoms with Crippen molar-refractivity contribution in [2.45, 2.75) is 25.3 Å². The normalized spacial score (nSPS) is 11.6. The summed E-state index contributed by atoms with van der Waals surface area (Å²) in [7, 11) is -3.71. The van der Waals surface area contributed by atoms with Crippen molar-refractivity contribution in [1.29, 1.82) is 0 Å². The average molecular weight is 373 g/mol. The number of sulfonamides is 1. The molecule has 1 aromatic carbocycles. The molecule has 0 saturated heterocycles.